The molecule has 28 heavy (non-hydrogen) atoms. The molecule has 0 aliphatic carbocycles. The molecule has 0 bridgehead atoms. The van der Waals surface area contributed by atoms with Gasteiger partial charge in [0.1, 0.15) is 11.6 Å². The van der Waals surface area contributed by atoms with Crippen LogP contribution in [0.4, 0.5) is 4.39 Å². The van der Waals surface area contributed by atoms with E-state index in [2.05, 4.69) is 6.07 Å². The molecule has 1 aromatic heterocycles. The van der Waals surface area contributed by atoms with Gasteiger partial charge in [0.25, 0.3) is 5.91 Å². The van der Waals surface area contributed by atoms with Crippen molar-refractivity contribution in [2.45, 2.75) is 24.8 Å². The van der Waals surface area contributed by atoms with E-state index in [1.54, 1.807) is 12.1 Å². The third-order valence-corrected chi connectivity index (χ3v) is 7.17. The number of hydrogen-bond acceptors (Lipinski definition) is 4. The predicted molar refractivity (Wildman–Crippen MR) is 108 cm³/mol. The van der Waals surface area contributed by atoms with Gasteiger partial charge in [-0.2, -0.15) is 0 Å². The van der Waals surface area contributed by atoms with Crippen molar-refractivity contribution in [3.63, 3.8) is 0 Å². The van der Waals surface area contributed by atoms with Crippen molar-refractivity contribution in [2.75, 3.05) is 19.7 Å². The van der Waals surface area contributed by atoms with E-state index in [0.717, 1.165) is 28.9 Å². The van der Waals surface area contributed by atoms with E-state index < -0.39 is 0 Å². The maximum Gasteiger partial charge on any atom is 0.263 e. The van der Waals surface area contributed by atoms with Gasteiger partial charge in [-0.15, -0.1) is 11.3 Å². The van der Waals surface area contributed by atoms with E-state index >= 15 is 0 Å². The van der Waals surface area contributed by atoms with Crippen molar-refractivity contribution < 1.29 is 13.9 Å². The molecule has 5 rings (SSSR count). The predicted octanol–water partition coefficient (Wildman–Crippen LogP) is 4.07. The van der Waals surface area contributed by atoms with Crippen molar-refractivity contribution in [1.82, 2.24) is 4.90 Å². The highest BCUT2D eigenvalue weighted by Crippen LogP contribution is 2.46. The fourth-order valence-corrected chi connectivity index (χ4v) is 5.42. The Morgan fingerprint density at radius 2 is 2.04 bits per heavy atom. The van der Waals surface area contributed by atoms with Crippen LogP contribution < -0.4 is 10.5 Å². The molecule has 0 saturated carbocycles. The minimum atomic E-state index is -0.277. The normalized spacial score (nSPS) is 17.7. The molecule has 2 aliphatic rings. The van der Waals surface area contributed by atoms with Crippen molar-refractivity contribution in [3.8, 4) is 5.75 Å². The number of amides is 1. The molecule has 2 aliphatic heterocycles. The molecule has 2 N–H and O–H groups in total. The highest BCUT2D eigenvalue weighted by Gasteiger charge is 2.44. The molecule has 0 atom stereocenters. The number of thiophene rings is 1. The zero-order valence-corrected chi connectivity index (χ0v) is 16.2. The van der Waals surface area contributed by atoms with Crippen LogP contribution in [-0.4, -0.2) is 30.5 Å². The molecule has 0 unspecified atom stereocenters. The highest BCUT2D eigenvalue weighted by molar-refractivity contribution is 7.20. The molecule has 6 heteroatoms. The summed E-state index contributed by atoms with van der Waals surface area (Å²) in [6.07, 6.45) is 1.72. The number of nitrogens with two attached hydrogens (primary N) is 1. The quantitative estimate of drug-likeness (QED) is 0.711. The van der Waals surface area contributed by atoms with Crippen LogP contribution in [-0.2, 0) is 12.0 Å². The monoisotopic (exact) mass is 396 g/mol. The van der Waals surface area contributed by atoms with E-state index in [1.165, 1.54) is 23.0 Å². The smallest absolute Gasteiger partial charge is 0.263 e. The summed E-state index contributed by atoms with van der Waals surface area (Å²) in [7, 11) is 0. The molecule has 1 saturated heterocycles. The number of carbonyl (C=O) groups is 1. The second-order valence-corrected chi connectivity index (χ2v) is 8.74. The zero-order chi connectivity index (χ0) is 19.3. The van der Waals surface area contributed by atoms with Gasteiger partial charge in [-0.1, -0.05) is 18.2 Å². The lowest BCUT2D eigenvalue weighted by atomic mass is 9.74. The van der Waals surface area contributed by atoms with Crippen LogP contribution in [0, 0.1) is 5.82 Å². The van der Waals surface area contributed by atoms with Crippen LogP contribution >= 0.6 is 11.3 Å². The number of benzene rings is 2. The largest absolute Gasteiger partial charge is 0.492 e. The summed E-state index contributed by atoms with van der Waals surface area (Å²) < 4.78 is 20.7. The molecule has 3 heterocycles. The van der Waals surface area contributed by atoms with Gasteiger partial charge in [-0.05, 0) is 42.7 Å². The second-order valence-electron chi connectivity index (χ2n) is 7.66. The third-order valence-electron chi connectivity index (χ3n) is 6.08. The van der Waals surface area contributed by atoms with Gasteiger partial charge in [0.05, 0.1) is 11.5 Å². The van der Waals surface area contributed by atoms with E-state index in [1.807, 2.05) is 23.1 Å². The van der Waals surface area contributed by atoms with Crippen molar-refractivity contribution in [3.05, 3.63) is 64.3 Å². The summed E-state index contributed by atoms with van der Waals surface area (Å²) in [5.74, 6) is 0.656. The summed E-state index contributed by atoms with van der Waals surface area (Å²) >= 11 is 1.36. The van der Waals surface area contributed by atoms with Gasteiger partial charge in [0.15, 0.2) is 0 Å². The number of nitrogens with zero attached hydrogens (tertiary/aromatic N) is 1. The first-order valence-electron chi connectivity index (χ1n) is 9.53. The number of likely N-dealkylation sites (tertiary alicyclic amines) is 1. The van der Waals surface area contributed by atoms with Gasteiger partial charge in [-0.3, -0.25) is 4.79 Å². The Balaban J connectivity index is 1.36. The average molecular weight is 396 g/mol. The van der Waals surface area contributed by atoms with E-state index in [9.17, 15) is 9.18 Å². The Kier molecular flexibility index (Phi) is 4.14. The molecule has 2 aromatic carbocycles. The van der Waals surface area contributed by atoms with Gasteiger partial charge in [0.2, 0.25) is 0 Å². The highest BCUT2D eigenvalue weighted by atomic mass is 32.1. The summed E-state index contributed by atoms with van der Waals surface area (Å²) in [6.45, 7) is 2.51. The Morgan fingerprint density at radius 3 is 2.79 bits per heavy atom. The maximum absolute atomic E-state index is 14.0. The van der Waals surface area contributed by atoms with Gasteiger partial charge < -0.3 is 15.4 Å². The minimum Gasteiger partial charge on any atom is -0.492 e. The Morgan fingerprint density at radius 1 is 1.21 bits per heavy atom. The Bertz CT molecular complexity index is 1070. The second kappa shape index (κ2) is 6.57. The maximum atomic E-state index is 14.0. The third kappa shape index (κ3) is 2.71. The molecule has 3 aromatic rings. The standard InChI is InChI=1S/C22H21FN2O2S/c23-17-2-1-3-19-15(17)11-20(28-19)21(26)25-8-6-22(7-9-25)13-27-18-5-4-14(12-24)10-16(18)22/h1-5,10-11H,6-9,12-13,24H2. The summed E-state index contributed by atoms with van der Waals surface area (Å²) in [5, 5.41) is 0.525. The molecular formula is C22H21FN2O2S. The Hall–Kier alpha value is -2.44. The summed E-state index contributed by atoms with van der Waals surface area (Å²) in [4.78, 5) is 15.5. The molecule has 0 radical (unpaired) electrons. The average Bonchev–Trinajstić information content (AvgIpc) is 3.31. The molecule has 4 nitrogen and oxygen atoms in total. The first-order valence-corrected chi connectivity index (χ1v) is 10.3. The van der Waals surface area contributed by atoms with E-state index in [-0.39, 0.29) is 17.1 Å². The lowest BCUT2D eigenvalue weighted by Gasteiger charge is -2.38. The number of carbonyl (C=O) groups excluding carboxylic acids is 1. The van der Waals surface area contributed by atoms with Crippen LogP contribution in [0.25, 0.3) is 10.1 Å². The summed E-state index contributed by atoms with van der Waals surface area (Å²) in [5.41, 5.74) is 8.11. The van der Waals surface area contributed by atoms with Crippen molar-refractivity contribution in [1.29, 1.82) is 0 Å². The molecule has 1 spiro atoms. The van der Waals surface area contributed by atoms with Gasteiger partial charge in [0, 0.05) is 40.7 Å². The van der Waals surface area contributed by atoms with Crippen LogP contribution in [0.3, 0.4) is 0 Å². The minimum absolute atomic E-state index is 0.00898. The van der Waals surface area contributed by atoms with Crippen LogP contribution in [0.5, 0.6) is 5.75 Å². The Labute approximate surface area is 166 Å². The number of hydrogen-bond donors (Lipinski definition) is 1. The number of ether oxygens (including phenoxy) is 1. The number of fused-ring (bicyclic) bond motifs is 3. The van der Waals surface area contributed by atoms with Crippen LogP contribution in [0.2, 0.25) is 0 Å². The number of piperidine rings is 1. The van der Waals surface area contributed by atoms with Crippen LogP contribution in [0.15, 0.2) is 42.5 Å². The number of halogens is 1. The first-order chi connectivity index (χ1) is 13.6. The molecular weight excluding hydrogens is 375 g/mol. The zero-order valence-electron chi connectivity index (χ0n) is 15.4. The topological polar surface area (TPSA) is 55.6 Å². The lowest BCUT2D eigenvalue weighted by molar-refractivity contribution is 0.0651. The van der Waals surface area contributed by atoms with Gasteiger partial charge >= 0.3 is 0 Å². The number of rotatable bonds is 2. The SMILES string of the molecule is NCc1ccc2c(c1)C1(CCN(C(=O)c3cc4c(F)cccc4s3)CC1)CO2. The lowest BCUT2D eigenvalue weighted by Crippen LogP contribution is -2.45. The van der Waals surface area contributed by atoms with E-state index in [0.29, 0.717) is 36.5 Å². The first kappa shape index (κ1) is 17.6. The van der Waals surface area contributed by atoms with Gasteiger partial charge in [-0.25, -0.2) is 4.39 Å². The summed E-state index contributed by atoms with van der Waals surface area (Å²) in [6, 6.07) is 12.8. The van der Waals surface area contributed by atoms with Crippen molar-refractivity contribution >= 4 is 27.3 Å². The fourth-order valence-electron chi connectivity index (χ4n) is 4.38. The molecule has 144 valence electrons. The van der Waals surface area contributed by atoms with Crippen molar-refractivity contribution in [2.24, 2.45) is 5.73 Å². The van der Waals surface area contributed by atoms with E-state index in [4.69, 9.17) is 10.5 Å². The van der Waals surface area contributed by atoms with Crippen LogP contribution in [0.1, 0.15) is 33.6 Å². The fraction of sp³-hybridized carbons (Fsp3) is 0.318. The molecule has 1 fully saturated rings. The molecule has 1 amide bonds.